The van der Waals surface area contributed by atoms with Gasteiger partial charge in [0, 0.05) is 0 Å². The van der Waals surface area contributed by atoms with Crippen molar-refractivity contribution in [2.75, 3.05) is 0 Å². The maximum Gasteiger partial charge on any atom is 0.124 e. The molecule has 1 aliphatic rings. The molecule has 0 aliphatic heterocycles. The van der Waals surface area contributed by atoms with Crippen LogP contribution >= 0.6 is 0 Å². The van der Waals surface area contributed by atoms with Crippen LogP contribution in [-0.4, -0.2) is 13.0 Å². The summed E-state index contributed by atoms with van der Waals surface area (Å²) in [5.74, 6) is 1.63. The van der Waals surface area contributed by atoms with Gasteiger partial charge in [0.1, 0.15) is 10.1 Å². The second kappa shape index (κ2) is 10.2. The summed E-state index contributed by atoms with van der Waals surface area (Å²) in [4.78, 5) is -0.194. The Morgan fingerprint density at radius 3 is 2.03 bits per heavy atom. The highest BCUT2D eigenvalue weighted by Gasteiger charge is 2.18. The van der Waals surface area contributed by atoms with Crippen molar-refractivity contribution in [2.24, 2.45) is 11.8 Å². The van der Waals surface area contributed by atoms with Crippen molar-refractivity contribution in [1.29, 1.82) is 0 Å². The van der Waals surface area contributed by atoms with Crippen LogP contribution in [0.4, 0.5) is 0 Å². The van der Waals surface area contributed by atoms with Gasteiger partial charge in [0.2, 0.25) is 0 Å². The molecule has 0 unspecified atom stereocenters. The second-order valence-electron chi connectivity index (χ2n) is 8.24. The van der Waals surface area contributed by atoms with Crippen LogP contribution in [0.3, 0.4) is 0 Å². The zero-order chi connectivity index (χ0) is 20.7. The third-order valence-electron chi connectivity index (χ3n) is 6.06. The summed E-state index contributed by atoms with van der Waals surface area (Å²) in [5, 5.41) is 0. The molecule has 0 heterocycles. The maximum atomic E-state index is 11.0. The van der Waals surface area contributed by atoms with Gasteiger partial charge in [-0.15, -0.1) is 0 Å². The SMILES string of the molecule is CCCCCC1CCC(/C=C/c2ccc(-c3ccc(S(=O)(=O)[O-])cc3)cc2)CC1. The van der Waals surface area contributed by atoms with Gasteiger partial charge in [-0.25, -0.2) is 8.42 Å². The fraction of sp³-hybridized carbons (Fsp3) is 0.440. The molecule has 1 fully saturated rings. The minimum Gasteiger partial charge on any atom is -0.744 e. The van der Waals surface area contributed by atoms with E-state index in [0.717, 1.165) is 17.0 Å². The quantitative estimate of drug-likeness (QED) is 0.360. The van der Waals surface area contributed by atoms with Gasteiger partial charge in [0.25, 0.3) is 0 Å². The molecule has 29 heavy (non-hydrogen) atoms. The zero-order valence-corrected chi connectivity index (χ0v) is 18.0. The number of hydrogen-bond donors (Lipinski definition) is 0. The first-order chi connectivity index (χ1) is 14.0. The monoisotopic (exact) mass is 411 g/mol. The third-order valence-corrected chi connectivity index (χ3v) is 6.90. The number of unbranched alkanes of at least 4 members (excludes halogenated alkanes) is 2. The van der Waals surface area contributed by atoms with E-state index in [1.807, 2.05) is 12.1 Å². The molecule has 0 bridgehead atoms. The van der Waals surface area contributed by atoms with E-state index in [1.165, 1.54) is 69.1 Å². The average molecular weight is 412 g/mol. The average Bonchev–Trinajstić information content (AvgIpc) is 2.73. The lowest BCUT2D eigenvalue weighted by Gasteiger charge is -2.26. The predicted molar refractivity (Wildman–Crippen MR) is 118 cm³/mol. The van der Waals surface area contributed by atoms with Gasteiger partial charge in [-0.1, -0.05) is 81.2 Å². The van der Waals surface area contributed by atoms with Gasteiger partial charge >= 0.3 is 0 Å². The fourth-order valence-electron chi connectivity index (χ4n) is 4.20. The third kappa shape index (κ3) is 6.55. The van der Waals surface area contributed by atoms with Crippen molar-refractivity contribution in [3.63, 3.8) is 0 Å². The van der Waals surface area contributed by atoms with Crippen LogP contribution in [0.15, 0.2) is 59.5 Å². The lowest BCUT2D eigenvalue weighted by atomic mass is 9.79. The summed E-state index contributed by atoms with van der Waals surface area (Å²) in [6, 6.07) is 14.3. The summed E-state index contributed by atoms with van der Waals surface area (Å²) in [7, 11) is -4.40. The lowest BCUT2D eigenvalue weighted by molar-refractivity contribution is 0.290. The first-order valence-corrected chi connectivity index (χ1v) is 12.2. The highest BCUT2D eigenvalue weighted by atomic mass is 32.2. The van der Waals surface area contributed by atoms with Crippen LogP contribution in [0, 0.1) is 11.8 Å². The van der Waals surface area contributed by atoms with Crippen LogP contribution < -0.4 is 0 Å². The Morgan fingerprint density at radius 2 is 1.48 bits per heavy atom. The number of allylic oxidation sites excluding steroid dienone is 1. The first kappa shape index (κ1) is 21.8. The van der Waals surface area contributed by atoms with Crippen LogP contribution in [0.5, 0.6) is 0 Å². The summed E-state index contributed by atoms with van der Waals surface area (Å²) in [6.45, 7) is 2.27. The molecule has 3 nitrogen and oxygen atoms in total. The minimum atomic E-state index is -4.40. The molecule has 0 atom stereocenters. The van der Waals surface area contributed by atoms with E-state index in [0.29, 0.717) is 5.92 Å². The highest BCUT2D eigenvalue weighted by molar-refractivity contribution is 7.85. The number of rotatable bonds is 8. The molecule has 4 heteroatoms. The van der Waals surface area contributed by atoms with E-state index in [4.69, 9.17) is 0 Å². The molecule has 0 amide bonds. The topological polar surface area (TPSA) is 57.2 Å². The fourth-order valence-corrected chi connectivity index (χ4v) is 4.67. The molecule has 3 rings (SSSR count). The Hall–Kier alpha value is -1.91. The van der Waals surface area contributed by atoms with Crippen LogP contribution in [-0.2, 0) is 10.1 Å². The Balaban J connectivity index is 1.53. The Labute approximate surface area is 175 Å². The molecule has 156 valence electrons. The molecule has 0 radical (unpaired) electrons. The molecular weight excluding hydrogens is 380 g/mol. The van der Waals surface area contributed by atoms with Crippen molar-refractivity contribution in [3.05, 3.63) is 60.2 Å². The molecule has 1 saturated carbocycles. The van der Waals surface area contributed by atoms with Gasteiger partial charge in [-0.2, -0.15) is 0 Å². The van der Waals surface area contributed by atoms with Crippen molar-refractivity contribution in [1.82, 2.24) is 0 Å². The second-order valence-corrected chi connectivity index (χ2v) is 9.62. The van der Waals surface area contributed by atoms with Crippen molar-refractivity contribution in [2.45, 2.75) is 63.2 Å². The largest absolute Gasteiger partial charge is 0.744 e. The zero-order valence-electron chi connectivity index (χ0n) is 17.2. The van der Waals surface area contributed by atoms with Crippen LogP contribution in [0.2, 0.25) is 0 Å². The van der Waals surface area contributed by atoms with Gasteiger partial charge in [-0.3, -0.25) is 0 Å². The minimum absolute atomic E-state index is 0.194. The van der Waals surface area contributed by atoms with E-state index in [-0.39, 0.29) is 4.90 Å². The molecule has 2 aromatic rings. The van der Waals surface area contributed by atoms with E-state index in [2.05, 4.69) is 31.2 Å². The van der Waals surface area contributed by atoms with Crippen molar-refractivity contribution >= 4 is 16.2 Å². The van der Waals surface area contributed by atoms with Gasteiger partial charge in [-0.05, 0) is 66.3 Å². The summed E-state index contributed by atoms with van der Waals surface area (Å²) in [6.07, 6.45) is 15.4. The normalized spacial score (nSPS) is 20.2. The van der Waals surface area contributed by atoms with E-state index < -0.39 is 10.1 Å². The Kier molecular flexibility index (Phi) is 7.68. The highest BCUT2D eigenvalue weighted by Crippen LogP contribution is 2.33. The van der Waals surface area contributed by atoms with Crippen LogP contribution in [0.1, 0.15) is 63.9 Å². The molecule has 2 aromatic carbocycles. The van der Waals surface area contributed by atoms with Gasteiger partial charge < -0.3 is 4.55 Å². The van der Waals surface area contributed by atoms with Crippen molar-refractivity contribution < 1.29 is 13.0 Å². The molecule has 0 saturated heterocycles. The Bertz CT molecular complexity index is 888. The smallest absolute Gasteiger partial charge is 0.124 e. The van der Waals surface area contributed by atoms with Gasteiger partial charge in [0.05, 0.1) is 4.90 Å². The lowest BCUT2D eigenvalue weighted by Crippen LogP contribution is -2.12. The molecule has 0 spiro atoms. The number of benzene rings is 2. The predicted octanol–water partition coefficient (Wildman–Crippen LogP) is 6.66. The molecule has 0 N–H and O–H groups in total. The van der Waals surface area contributed by atoms with E-state index in [1.54, 1.807) is 12.1 Å². The maximum absolute atomic E-state index is 11.0. The van der Waals surface area contributed by atoms with Gasteiger partial charge in [0.15, 0.2) is 0 Å². The molecule has 0 aromatic heterocycles. The van der Waals surface area contributed by atoms with E-state index >= 15 is 0 Å². The Morgan fingerprint density at radius 1 is 0.897 bits per heavy atom. The molecule has 1 aliphatic carbocycles. The summed E-state index contributed by atoms with van der Waals surface area (Å²) < 4.78 is 33.1. The molecular formula is C25H31O3S-. The first-order valence-electron chi connectivity index (χ1n) is 10.8. The standard InChI is InChI=1S/C25H32O3S/c1-2-3-4-5-20-6-8-21(9-7-20)10-11-22-12-14-23(15-13-22)24-16-18-25(19-17-24)29(26,27)28/h10-21H,2-9H2,1H3,(H,26,27,28)/p-1/b11-10+. The summed E-state index contributed by atoms with van der Waals surface area (Å²) in [5.41, 5.74) is 3.08. The number of hydrogen-bond acceptors (Lipinski definition) is 3. The summed E-state index contributed by atoms with van der Waals surface area (Å²) >= 11 is 0. The van der Waals surface area contributed by atoms with E-state index in [9.17, 15) is 13.0 Å². The van der Waals surface area contributed by atoms with Crippen LogP contribution in [0.25, 0.3) is 17.2 Å². The van der Waals surface area contributed by atoms with Crippen molar-refractivity contribution in [3.8, 4) is 11.1 Å².